The summed E-state index contributed by atoms with van der Waals surface area (Å²) in [5.41, 5.74) is 17.8. The second kappa shape index (κ2) is 68.6. The van der Waals surface area contributed by atoms with Crippen molar-refractivity contribution in [1.82, 2.24) is 26.2 Å². The lowest BCUT2D eigenvalue weighted by Gasteiger charge is -2.40. The Morgan fingerprint density at radius 3 is 1.09 bits per heavy atom. The van der Waals surface area contributed by atoms with Gasteiger partial charge in [-0.15, -0.1) is 0 Å². The minimum Gasteiger partial charge on any atom is -0.497 e. The SMILES string of the molecule is COc1ccc(C(OC[C@@H]2C[C@@H](OC(=O)CCC(C)=O)CN2C(=O)CCCCCCCCCCC(=O)NC(COCCC(=O)NCCOCCOCCOC2OC(COC(C)=O)C(O)C(O)C2N)(COCCC(=O)NCCOCCOCCOC2OC(COC(C)=O)C(O)C(O)C2N)COCCC(=O)NCCOCCOCCOC2OC(COC(C)=O)C(O)C(O)C2N)(c2ccccc2)c2ccc(OC)cc2)cc1. The van der Waals surface area contributed by atoms with E-state index in [0.717, 1.165) is 48.8 Å². The van der Waals surface area contributed by atoms with Gasteiger partial charge in [0, 0.05) is 85.4 Å². The number of rotatable bonds is 75. The van der Waals surface area contributed by atoms with E-state index in [1.807, 2.05) is 78.9 Å². The molecule has 15 unspecified atom stereocenters. The van der Waals surface area contributed by atoms with Crippen molar-refractivity contribution in [2.24, 2.45) is 17.2 Å². The maximum atomic E-state index is 14.5. The highest BCUT2D eigenvalue weighted by Gasteiger charge is 2.48. The number of carbonyl (C=O) groups is 10. The molecule has 17 atom stereocenters. The zero-order valence-corrected chi connectivity index (χ0v) is 83.6. The van der Waals surface area contributed by atoms with Gasteiger partial charge in [0.1, 0.15) is 109 Å². The zero-order valence-electron chi connectivity index (χ0n) is 83.6. The summed E-state index contributed by atoms with van der Waals surface area (Å²) in [5, 5.41) is 73.7. The zero-order chi connectivity index (χ0) is 104. The summed E-state index contributed by atoms with van der Waals surface area (Å²) >= 11 is 0. The van der Waals surface area contributed by atoms with Gasteiger partial charge in [0.15, 0.2) is 18.9 Å². The third kappa shape index (κ3) is 44.7. The Labute approximate surface area is 840 Å². The van der Waals surface area contributed by atoms with Gasteiger partial charge >= 0.3 is 23.9 Å². The number of Topliss-reactive ketones (excluding diaryl/α,β-unsaturated/α-hetero) is 1. The number of hydrogen-bond acceptors (Lipinski definition) is 41. The van der Waals surface area contributed by atoms with E-state index in [2.05, 4.69) is 21.3 Å². The fraction of sp³-hybridized carbons (Fsp3) is 0.714. The molecule has 4 fully saturated rings. The van der Waals surface area contributed by atoms with Crippen molar-refractivity contribution in [2.45, 2.75) is 246 Å². The second-order valence-electron chi connectivity index (χ2n) is 35.2. The van der Waals surface area contributed by atoms with Crippen molar-refractivity contribution in [3.63, 3.8) is 0 Å². The highest BCUT2D eigenvalue weighted by Crippen LogP contribution is 2.43. The Kier molecular flexibility index (Phi) is 58.2. The molecule has 0 radical (unpaired) electrons. The van der Waals surface area contributed by atoms with E-state index in [4.69, 9.17) is 121 Å². The Bertz CT molecular complexity index is 3910. The monoisotopic (exact) mass is 2050 g/mol. The maximum absolute atomic E-state index is 14.5. The van der Waals surface area contributed by atoms with Crippen molar-refractivity contribution in [3.8, 4) is 11.5 Å². The highest BCUT2D eigenvalue weighted by molar-refractivity contribution is 5.81. The molecule has 4 aliphatic heterocycles. The molecule has 4 aliphatic rings. The molecule has 3 aromatic rings. The number of carbonyl (C=O) groups excluding carboxylic acids is 10. The Hall–Kier alpha value is -8.84. The van der Waals surface area contributed by atoms with E-state index in [1.54, 1.807) is 19.1 Å². The van der Waals surface area contributed by atoms with Crippen LogP contribution in [-0.2, 0) is 148 Å². The van der Waals surface area contributed by atoms with Gasteiger partial charge in [0.05, 0.1) is 197 Å². The van der Waals surface area contributed by atoms with Crippen LogP contribution in [0.5, 0.6) is 11.5 Å². The number of ether oxygens (including phenoxy) is 22. The number of aliphatic hydroxyl groups is 6. The van der Waals surface area contributed by atoms with Crippen LogP contribution >= 0.6 is 0 Å². The van der Waals surface area contributed by atoms with Gasteiger partial charge in [-0.2, -0.15) is 0 Å². The molecule has 0 aliphatic carbocycles. The van der Waals surface area contributed by atoms with Crippen molar-refractivity contribution in [3.05, 3.63) is 95.6 Å². The number of likely N-dealkylation sites (tertiary alicyclic amines) is 1. The predicted molar refractivity (Wildman–Crippen MR) is 509 cm³/mol. The average molecular weight is 2050 g/mol. The van der Waals surface area contributed by atoms with E-state index in [1.165, 1.54) is 27.7 Å². The Balaban J connectivity index is 0.918. The van der Waals surface area contributed by atoms with E-state index in [-0.39, 0.29) is 272 Å². The quantitative estimate of drug-likeness (QED) is 0.0145. The van der Waals surface area contributed by atoms with Gasteiger partial charge in [-0.3, -0.25) is 43.2 Å². The summed E-state index contributed by atoms with van der Waals surface area (Å²) < 4.78 is 125. The van der Waals surface area contributed by atoms with Crippen molar-refractivity contribution >= 4 is 59.2 Å². The predicted octanol–water partition coefficient (Wildman–Crippen LogP) is -0.620. The normalized spacial score (nSPS) is 23.1. The molecule has 46 nitrogen and oxygen atoms in total. The van der Waals surface area contributed by atoms with Crippen LogP contribution in [0.1, 0.15) is 147 Å². The van der Waals surface area contributed by atoms with Crippen LogP contribution in [-0.4, -0.2) is 410 Å². The van der Waals surface area contributed by atoms with Crippen LogP contribution in [0.3, 0.4) is 0 Å². The van der Waals surface area contributed by atoms with E-state index < -0.39 is 139 Å². The van der Waals surface area contributed by atoms with Crippen molar-refractivity contribution in [1.29, 1.82) is 0 Å². The minimum absolute atomic E-state index is 0.00655. The fourth-order valence-electron chi connectivity index (χ4n) is 15.9. The van der Waals surface area contributed by atoms with Gasteiger partial charge in [-0.25, -0.2) is 0 Å². The first-order valence-corrected chi connectivity index (χ1v) is 49.2. The number of nitrogens with one attached hydrogen (secondary N) is 4. The number of methoxy groups -OCH3 is 2. The van der Waals surface area contributed by atoms with E-state index in [0.29, 0.717) is 37.2 Å². The average Bonchev–Trinajstić information content (AvgIpc) is 0.958. The lowest BCUT2D eigenvalue weighted by Crippen LogP contribution is -2.62. The lowest BCUT2D eigenvalue weighted by atomic mass is 9.80. The molecule has 814 valence electrons. The molecule has 0 saturated carbocycles. The smallest absolute Gasteiger partial charge is 0.306 e. The van der Waals surface area contributed by atoms with Crippen LogP contribution in [0.2, 0.25) is 0 Å². The van der Waals surface area contributed by atoms with Crippen LogP contribution < -0.4 is 47.9 Å². The largest absolute Gasteiger partial charge is 0.497 e. The number of nitrogens with two attached hydrogens (primary N) is 3. The van der Waals surface area contributed by atoms with Crippen LogP contribution in [0.4, 0.5) is 0 Å². The van der Waals surface area contributed by atoms with Gasteiger partial charge in [0.2, 0.25) is 29.5 Å². The number of esters is 4. The summed E-state index contributed by atoms with van der Waals surface area (Å²) in [6, 6.07) is 21.3. The minimum atomic E-state index is -1.46. The fourth-order valence-corrected chi connectivity index (χ4v) is 15.9. The van der Waals surface area contributed by atoms with Gasteiger partial charge in [-0.05, 0) is 60.7 Å². The van der Waals surface area contributed by atoms with Crippen LogP contribution in [0.25, 0.3) is 0 Å². The van der Waals surface area contributed by atoms with Crippen LogP contribution in [0.15, 0.2) is 78.9 Å². The number of amides is 5. The molecule has 7 rings (SSSR count). The summed E-state index contributed by atoms with van der Waals surface area (Å²) in [4.78, 5) is 129. The molecule has 0 aromatic heterocycles. The number of benzene rings is 3. The Morgan fingerprint density at radius 2 is 0.729 bits per heavy atom. The number of nitrogens with zero attached hydrogens (tertiary/aromatic N) is 1. The molecule has 144 heavy (non-hydrogen) atoms. The molecule has 5 amide bonds. The first kappa shape index (κ1) is 122. The summed E-state index contributed by atoms with van der Waals surface area (Å²) in [5.74, 6) is -2.84. The van der Waals surface area contributed by atoms with Crippen molar-refractivity contribution < 1.29 is 183 Å². The van der Waals surface area contributed by atoms with Gasteiger partial charge in [0.25, 0.3) is 0 Å². The topological polar surface area (TPSA) is 625 Å². The first-order valence-electron chi connectivity index (χ1n) is 49.2. The number of aliphatic hydroxyl groups excluding tert-OH is 6. The standard InChI is InChI=1S/C98H154N8O38/c1-65(107)22-31-84(116)141-75-56-72(58-140-98(69-18-14-13-15-19-69,70-23-27-73(123-5)28-24-70)71-25-29-74(124-6)30-26-71)106(57-75)83(115)21-17-12-10-8-7-9-11-16-20-82(114)105-97(62-131-38-32-79(111)102-35-41-125-44-47-128-50-53-134-94-85(99)91(120)88(117)76(142-94)59-137-66(2)108,63-132-39-33-80(112)103-36-42-126-45-48-129-51-54-135-95-86(100)92(121)89(118)77(143-95)60-138-67(3)109)64-133-40-34-81(113)104-37-43-127-46-49-130-52-55-136-96-87(101)93(122)90(119)78(144-96)61-139-68(4)110/h13-15,18-19,23-30,72,75-78,85-96,117-122H,7-12,16-17,20-22,31-64,99-101H2,1-6H3,(H,102,111)(H,103,112)(H,104,113)(H,105,114)/t72-,75+,76?,77?,78?,85?,86?,87?,88?,89?,90?,91?,92?,93?,94?,95?,96?,97?/m0/s1. The molecule has 4 heterocycles. The number of hydrogen-bond donors (Lipinski definition) is 13. The molecule has 0 spiro atoms. The molecule has 3 aromatic carbocycles. The Morgan fingerprint density at radius 1 is 0.382 bits per heavy atom. The number of unbranched alkanes of at least 4 members (excludes halogenated alkanes) is 7. The van der Waals surface area contributed by atoms with Crippen LogP contribution in [0, 0.1) is 0 Å². The van der Waals surface area contributed by atoms with E-state index in [9.17, 15) is 78.6 Å². The molecular weight excluding hydrogens is 1900 g/mol. The number of ketones is 1. The lowest BCUT2D eigenvalue weighted by molar-refractivity contribution is -0.268. The molecule has 16 N–H and O–H groups in total. The van der Waals surface area contributed by atoms with Gasteiger partial charge in [-0.1, -0.05) is 93.1 Å². The highest BCUT2D eigenvalue weighted by atomic mass is 16.7. The first-order chi connectivity index (χ1) is 69.4. The molecule has 4 saturated heterocycles. The van der Waals surface area contributed by atoms with E-state index >= 15 is 0 Å². The summed E-state index contributed by atoms with van der Waals surface area (Å²) in [7, 11) is 3.19. The summed E-state index contributed by atoms with van der Waals surface area (Å²) in [6.07, 6.45) is -9.69. The third-order valence-corrected chi connectivity index (χ3v) is 23.8. The van der Waals surface area contributed by atoms with Crippen molar-refractivity contribution in [2.75, 3.05) is 206 Å². The second-order valence-corrected chi connectivity index (χ2v) is 35.2. The summed E-state index contributed by atoms with van der Waals surface area (Å²) in [6.45, 7) is 4.82. The molecular formula is C98H154N8O38. The molecule has 46 heteroatoms. The van der Waals surface area contributed by atoms with Gasteiger partial charge < -0.3 is 183 Å². The maximum Gasteiger partial charge on any atom is 0.306 e. The third-order valence-electron chi connectivity index (χ3n) is 23.8. The molecule has 0 bridgehead atoms.